The van der Waals surface area contributed by atoms with Crippen LogP contribution in [-0.4, -0.2) is 35.7 Å². The Kier molecular flexibility index (Phi) is 5.98. The second-order valence-electron chi connectivity index (χ2n) is 5.99. The van der Waals surface area contributed by atoms with Gasteiger partial charge in [-0.05, 0) is 41.8 Å². The number of nitrogens with one attached hydrogen (secondary N) is 1. The van der Waals surface area contributed by atoms with E-state index in [0.29, 0.717) is 6.54 Å². The van der Waals surface area contributed by atoms with Gasteiger partial charge in [-0.25, -0.2) is 9.97 Å². The lowest BCUT2D eigenvalue weighted by molar-refractivity contribution is 0.414. The number of pyridine rings is 1. The zero-order valence-corrected chi connectivity index (χ0v) is 15.1. The van der Waals surface area contributed by atoms with Crippen LogP contribution in [0.3, 0.4) is 0 Å². The number of benzene rings is 1. The predicted octanol–water partition coefficient (Wildman–Crippen LogP) is 3.17. The predicted molar refractivity (Wildman–Crippen MR) is 104 cm³/mol. The molecule has 0 spiro atoms. The van der Waals surface area contributed by atoms with Crippen LogP contribution in [0.15, 0.2) is 61.2 Å². The lowest BCUT2D eigenvalue weighted by Gasteiger charge is -2.18. The maximum Gasteiger partial charge on any atom is 0.133 e. The van der Waals surface area contributed by atoms with Crippen LogP contribution in [0.25, 0.3) is 0 Å². The van der Waals surface area contributed by atoms with Gasteiger partial charge in [0.25, 0.3) is 0 Å². The number of aromatic nitrogens is 3. The lowest BCUT2D eigenvalue weighted by atomic mass is 10.2. The van der Waals surface area contributed by atoms with E-state index in [9.17, 15) is 0 Å². The van der Waals surface area contributed by atoms with E-state index in [1.54, 1.807) is 13.4 Å². The molecular weight excluding hydrogens is 326 g/mol. The fourth-order valence-corrected chi connectivity index (χ4v) is 2.55. The molecule has 6 nitrogen and oxygen atoms in total. The van der Waals surface area contributed by atoms with Crippen LogP contribution in [0.5, 0.6) is 5.75 Å². The van der Waals surface area contributed by atoms with Crippen molar-refractivity contribution in [3.63, 3.8) is 0 Å². The van der Waals surface area contributed by atoms with E-state index in [-0.39, 0.29) is 0 Å². The van der Waals surface area contributed by atoms with Crippen molar-refractivity contribution < 1.29 is 4.74 Å². The van der Waals surface area contributed by atoms with Crippen LogP contribution < -0.4 is 15.0 Å². The first-order valence-corrected chi connectivity index (χ1v) is 8.53. The van der Waals surface area contributed by atoms with Gasteiger partial charge in [0.2, 0.25) is 0 Å². The van der Waals surface area contributed by atoms with Crippen molar-refractivity contribution >= 4 is 11.6 Å². The second kappa shape index (κ2) is 8.80. The Hall–Kier alpha value is -3.15. The average Bonchev–Trinajstić information content (AvgIpc) is 2.72. The Balaban J connectivity index is 1.56. The highest BCUT2D eigenvalue weighted by Crippen LogP contribution is 2.16. The van der Waals surface area contributed by atoms with Crippen molar-refractivity contribution in [3.05, 3.63) is 72.3 Å². The van der Waals surface area contributed by atoms with Crippen molar-refractivity contribution in [1.82, 2.24) is 15.0 Å². The average molecular weight is 349 g/mol. The molecule has 6 heteroatoms. The Morgan fingerprint density at radius 3 is 2.50 bits per heavy atom. The SMILES string of the molecule is COc1ccc(CNc2cc(N(C)CCc3ccncc3)ncn2)cc1. The Morgan fingerprint density at radius 2 is 1.77 bits per heavy atom. The Morgan fingerprint density at radius 1 is 1.00 bits per heavy atom. The minimum absolute atomic E-state index is 0.696. The summed E-state index contributed by atoms with van der Waals surface area (Å²) in [5.41, 5.74) is 2.43. The van der Waals surface area contributed by atoms with Crippen LogP contribution in [0.2, 0.25) is 0 Å². The fourth-order valence-electron chi connectivity index (χ4n) is 2.55. The Bertz CT molecular complexity index is 808. The van der Waals surface area contributed by atoms with Crippen molar-refractivity contribution in [3.8, 4) is 5.75 Å². The van der Waals surface area contributed by atoms with E-state index < -0.39 is 0 Å². The zero-order chi connectivity index (χ0) is 18.2. The molecule has 0 fully saturated rings. The number of hydrogen-bond donors (Lipinski definition) is 1. The summed E-state index contributed by atoms with van der Waals surface area (Å²) in [6, 6.07) is 14.0. The maximum absolute atomic E-state index is 5.18. The van der Waals surface area contributed by atoms with Gasteiger partial charge in [0.15, 0.2) is 0 Å². The van der Waals surface area contributed by atoms with Crippen LogP contribution in [0.4, 0.5) is 11.6 Å². The molecule has 1 aromatic carbocycles. The van der Waals surface area contributed by atoms with Crippen LogP contribution in [0, 0.1) is 0 Å². The smallest absolute Gasteiger partial charge is 0.133 e. The molecule has 0 amide bonds. The minimum Gasteiger partial charge on any atom is -0.497 e. The van der Waals surface area contributed by atoms with Gasteiger partial charge in [0.1, 0.15) is 23.7 Å². The third-order valence-corrected chi connectivity index (χ3v) is 4.16. The number of rotatable bonds is 8. The molecule has 0 radical (unpaired) electrons. The summed E-state index contributed by atoms with van der Waals surface area (Å²) in [6.45, 7) is 1.57. The lowest BCUT2D eigenvalue weighted by Crippen LogP contribution is -2.21. The molecule has 134 valence electrons. The summed E-state index contributed by atoms with van der Waals surface area (Å²) in [4.78, 5) is 14.9. The molecule has 0 unspecified atom stereocenters. The molecule has 0 saturated heterocycles. The van der Waals surface area contributed by atoms with E-state index >= 15 is 0 Å². The van der Waals surface area contributed by atoms with Crippen LogP contribution in [0.1, 0.15) is 11.1 Å². The third-order valence-electron chi connectivity index (χ3n) is 4.16. The number of likely N-dealkylation sites (N-methyl/N-ethyl adjacent to an activating group) is 1. The van der Waals surface area contributed by atoms with Gasteiger partial charge >= 0.3 is 0 Å². The maximum atomic E-state index is 5.18. The molecule has 3 rings (SSSR count). The summed E-state index contributed by atoms with van der Waals surface area (Å²) in [5.74, 6) is 2.56. The molecule has 1 N–H and O–H groups in total. The molecule has 3 aromatic rings. The number of nitrogens with zero attached hydrogens (tertiary/aromatic N) is 4. The number of methoxy groups -OCH3 is 1. The van der Waals surface area contributed by atoms with E-state index in [0.717, 1.165) is 35.9 Å². The number of ether oxygens (including phenoxy) is 1. The first-order chi connectivity index (χ1) is 12.7. The summed E-state index contributed by atoms with van der Waals surface area (Å²) in [7, 11) is 3.71. The molecule has 0 aliphatic carbocycles. The van der Waals surface area contributed by atoms with Crippen molar-refractivity contribution in [2.45, 2.75) is 13.0 Å². The summed E-state index contributed by atoms with van der Waals surface area (Å²) in [5, 5.41) is 3.34. The summed E-state index contributed by atoms with van der Waals surface area (Å²) >= 11 is 0. The first-order valence-electron chi connectivity index (χ1n) is 8.53. The highest BCUT2D eigenvalue weighted by molar-refractivity contribution is 5.48. The topological polar surface area (TPSA) is 63.2 Å². The fraction of sp³-hybridized carbons (Fsp3) is 0.250. The standard InChI is InChI=1S/C20H23N5O/c1-25(12-9-16-7-10-21-11-8-16)20-13-19(23-15-24-20)22-14-17-3-5-18(26-2)6-4-17/h3-8,10-11,13,15H,9,12,14H2,1-2H3,(H,22,23,24). The van der Waals surface area contributed by atoms with Crippen LogP contribution >= 0.6 is 0 Å². The summed E-state index contributed by atoms with van der Waals surface area (Å²) in [6.07, 6.45) is 6.18. The molecule has 26 heavy (non-hydrogen) atoms. The normalized spacial score (nSPS) is 10.4. The van der Waals surface area contributed by atoms with E-state index in [2.05, 4.69) is 25.2 Å². The Labute approximate surface area is 153 Å². The molecule has 2 heterocycles. The third kappa shape index (κ3) is 4.92. The largest absolute Gasteiger partial charge is 0.497 e. The van der Waals surface area contributed by atoms with Gasteiger partial charge in [0.05, 0.1) is 7.11 Å². The number of hydrogen-bond acceptors (Lipinski definition) is 6. The van der Waals surface area contributed by atoms with Crippen molar-refractivity contribution in [2.24, 2.45) is 0 Å². The molecule has 0 aliphatic rings. The highest BCUT2D eigenvalue weighted by Gasteiger charge is 2.05. The monoisotopic (exact) mass is 349 g/mol. The van der Waals surface area contributed by atoms with Gasteiger partial charge in [-0.2, -0.15) is 0 Å². The molecular formula is C20H23N5O. The van der Waals surface area contributed by atoms with Gasteiger partial charge < -0.3 is 15.0 Å². The first kappa shape index (κ1) is 17.7. The number of anilines is 2. The van der Waals surface area contributed by atoms with Gasteiger partial charge in [0, 0.05) is 38.6 Å². The molecule has 0 aliphatic heterocycles. The molecule has 2 aromatic heterocycles. The summed E-state index contributed by atoms with van der Waals surface area (Å²) < 4.78 is 5.18. The van der Waals surface area contributed by atoms with E-state index in [1.807, 2.05) is 61.9 Å². The van der Waals surface area contributed by atoms with Crippen molar-refractivity contribution in [2.75, 3.05) is 30.9 Å². The van der Waals surface area contributed by atoms with Gasteiger partial charge in [-0.3, -0.25) is 4.98 Å². The minimum atomic E-state index is 0.696. The van der Waals surface area contributed by atoms with E-state index in [1.165, 1.54) is 5.56 Å². The van der Waals surface area contributed by atoms with Gasteiger partial charge in [-0.1, -0.05) is 12.1 Å². The molecule has 0 bridgehead atoms. The van der Waals surface area contributed by atoms with Crippen LogP contribution in [-0.2, 0) is 13.0 Å². The van der Waals surface area contributed by atoms with E-state index in [4.69, 9.17) is 4.74 Å². The molecule has 0 saturated carbocycles. The van der Waals surface area contributed by atoms with Crippen molar-refractivity contribution in [1.29, 1.82) is 0 Å². The van der Waals surface area contributed by atoms with Gasteiger partial charge in [-0.15, -0.1) is 0 Å². The highest BCUT2D eigenvalue weighted by atomic mass is 16.5. The second-order valence-corrected chi connectivity index (χ2v) is 5.99. The zero-order valence-electron chi connectivity index (χ0n) is 15.1. The molecule has 0 atom stereocenters. The quantitative estimate of drug-likeness (QED) is 0.674.